The Morgan fingerprint density at radius 1 is 1.16 bits per heavy atom. The van der Waals surface area contributed by atoms with Crippen molar-refractivity contribution in [2.45, 2.75) is 11.8 Å². The average Bonchev–Trinajstić information content (AvgIpc) is 2.35. The van der Waals surface area contributed by atoms with Crippen LogP contribution in [0.2, 0.25) is 0 Å². The van der Waals surface area contributed by atoms with Gasteiger partial charge in [0.2, 0.25) is 0 Å². The van der Waals surface area contributed by atoms with Crippen LogP contribution in [0.1, 0.15) is 5.56 Å². The summed E-state index contributed by atoms with van der Waals surface area (Å²) >= 11 is 2.08. The lowest BCUT2D eigenvalue weighted by molar-refractivity contribution is 0.600. The van der Waals surface area contributed by atoms with Crippen molar-refractivity contribution in [3.8, 4) is 0 Å². The van der Waals surface area contributed by atoms with Gasteiger partial charge in [0.05, 0.1) is 10.6 Å². The van der Waals surface area contributed by atoms with E-state index in [4.69, 9.17) is 5.73 Å². The molecule has 0 unspecified atom stereocenters. The van der Waals surface area contributed by atoms with Crippen LogP contribution in [0.4, 0.5) is 11.4 Å². The summed E-state index contributed by atoms with van der Waals surface area (Å²) in [6.07, 6.45) is 0. The van der Waals surface area contributed by atoms with E-state index in [2.05, 4.69) is 27.3 Å². The molecular formula is C13H13IN2O2S. The van der Waals surface area contributed by atoms with Gasteiger partial charge in [0.25, 0.3) is 10.0 Å². The second kappa shape index (κ2) is 5.38. The first-order valence-electron chi connectivity index (χ1n) is 5.53. The van der Waals surface area contributed by atoms with Gasteiger partial charge < -0.3 is 5.73 Å². The Hall–Kier alpha value is -1.28. The Morgan fingerprint density at radius 3 is 2.53 bits per heavy atom. The number of nitrogens with two attached hydrogens (primary N) is 1. The molecule has 0 aliphatic carbocycles. The quantitative estimate of drug-likeness (QED) is 0.627. The van der Waals surface area contributed by atoms with Gasteiger partial charge in [-0.3, -0.25) is 4.72 Å². The van der Waals surface area contributed by atoms with Crippen molar-refractivity contribution in [2.24, 2.45) is 0 Å². The Kier molecular flexibility index (Phi) is 4.00. The molecule has 100 valence electrons. The van der Waals surface area contributed by atoms with Crippen LogP contribution >= 0.6 is 22.6 Å². The maximum Gasteiger partial charge on any atom is 0.262 e. The second-order valence-corrected chi connectivity index (χ2v) is 6.92. The second-order valence-electron chi connectivity index (χ2n) is 4.11. The summed E-state index contributed by atoms with van der Waals surface area (Å²) in [5.74, 6) is 0. The number of hydrogen-bond donors (Lipinski definition) is 2. The molecule has 0 bridgehead atoms. The highest BCUT2D eigenvalue weighted by atomic mass is 127. The number of para-hydroxylation sites is 1. The standard InChI is InChI=1S/C13H13IN2O2S/c1-9-6-7-10(15)8-13(9)19(17,18)16-12-5-3-2-4-11(12)14/h2-8,16H,15H2,1H3. The van der Waals surface area contributed by atoms with Gasteiger partial charge in [-0.2, -0.15) is 0 Å². The van der Waals surface area contributed by atoms with Gasteiger partial charge in [-0.1, -0.05) is 18.2 Å². The van der Waals surface area contributed by atoms with Crippen molar-refractivity contribution in [2.75, 3.05) is 10.5 Å². The smallest absolute Gasteiger partial charge is 0.262 e. The molecule has 0 saturated carbocycles. The molecule has 0 radical (unpaired) electrons. The highest BCUT2D eigenvalue weighted by molar-refractivity contribution is 14.1. The van der Waals surface area contributed by atoms with Gasteiger partial charge in [0.1, 0.15) is 0 Å². The van der Waals surface area contributed by atoms with E-state index in [1.807, 2.05) is 12.1 Å². The number of aryl methyl sites for hydroxylation is 1. The van der Waals surface area contributed by atoms with Crippen molar-refractivity contribution >= 4 is 44.0 Å². The van der Waals surface area contributed by atoms with Gasteiger partial charge >= 0.3 is 0 Å². The van der Waals surface area contributed by atoms with E-state index in [9.17, 15) is 8.42 Å². The normalized spacial score (nSPS) is 11.3. The SMILES string of the molecule is Cc1ccc(N)cc1S(=O)(=O)Nc1ccccc1I. The molecule has 0 amide bonds. The molecule has 0 saturated heterocycles. The Bertz CT molecular complexity index is 714. The lowest BCUT2D eigenvalue weighted by Crippen LogP contribution is -2.15. The fourth-order valence-corrected chi connectivity index (χ4v) is 3.72. The number of anilines is 2. The van der Waals surface area contributed by atoms with Gasteiger partial charge in [0, 0.05) is 9.26 Å². The Labute approximate surface area is 126 Å². The molecule has 2 aromatic carbocycles. The van der Waals surface area contributed by atoms with Crippen molar-refractivity contribution in [3.63, 3.8) is 0 Å². The first kappa shape index (κ1) is 14.1. The number of rotatable bonds is 3. The van der Waals surface area contributed by atoms with Crippen LogP contribution in [-0.2, 0) is 10.0 Å². The fraction of sp³-hybridized carbons (Fsp3) is 0.0769. The van der Waals surface area contributed by atoms with Gasteiger partial charge in [0.15, 0.2) is 0 Å². The molecule has 6 heteroatoms. The zero-order valence-electron chi connectivity index (χ0n) is 10.2. The summed E-state index contributed by atoms with van der Waals surface area (Å²) < 4.78 is 28.1. The molecule has 0 aliphatic heterocycles. The summed E-state index contributed by atoms with van der Waals surface area (Å²) in [6, 6.07) is 12.0. The molecule has 0 aliphatic rings. The molecule has 0 aromatic heterocycles. The summed E-state index contributed by atoms with van der Waals surface area (Å²) in [6.45, 7) is 1.74. The predicted octanol–water partition coefficient (Wildman–Crippen LogP) is 2.98. The maximum absolute atomic E-state index is 12.4. The number of benzene rings is 2. The first-order chi connectivity index (χ1) is 8.90. The van der Waals surface area contributed by atoms with Crippen LogP contribution < -0.4 is 10.5 Å². The van der Waals surface area contributed by atoms with E-state index >= 15 is 0 Å². The zero-order valence-corrected chi connectivity index (χ0v) is 13.2. The fourth-order valence-electron chi connectivity index (χ4n) is 1.65. The monoisotopic (exact) mass is 388 g/mol. The number of hydrogen-bond acceptors (Lipinski definition) is 3. The van der Waals surface area contributed by atoms with Crippen LogP contribution in [-0.4, -0.2) is 8.42 Å². The Balaban J connectivity index is 2.44. The van der Waals surface area contributed by atoms with E-state index in [1.165, 1.54) is 6.07 Å². The van der Waals surface area contributed by atoms with Crippen LogP contribution in [0.5, 0.6) is 0 Å². The third kappa shape index (κ3) is 3.19. The molecule has 3 N–H and O–H groups in total. The van der Waals surface area contributed by atoms with Crippen LogP contribution in [0.25, 0.3) is 0 Å². The topological polar surface area (TPSA) is 72.2 Å². The summed E-state index contributed by atoms with van der Waals surface area (Å²) in [5, 5.41) is 0. The lowest BCUT2D eigenvalue weighted by atomic mass is 10.2. The molecule has 4 nitrogen and oxygen atoms in total. The number of nitrogens with one attached hydrogen (secondary N) is 1. The van der Waals surface area contributed by atoms with Crippen molar-refractivity contribution in [1.82, 2.24) is 0 Å². The highest BCUT2D eigenvalue weighted by Crippen LogP contribution is 2.24. The van der Waals surface area contributed by atoms with Crippen LogP contribution in [0.3, 0.4) is 0 Å². The minimum absolute atomic E-state index is 0.201. The van der Waals surface area contributed by atoms with Gasteiger partial charge in [-0.15, -0.1) is 0 Å². The average molecular weight is 388 g/mol. The molecule has 2 rings (SSSR count). The zero-order chi connectivity index (χ0) is 14.0. The van der Waals surface area contributed by atoms with E-state index in [-0.39, 0.29) is 4.90 Å². The maximum atomic E-state index is 12.4. The van der Waals surface area contributed by atoms with Gasteiger partial charge in [-0.25, -0.2) is 8.42 Å². The van der Waals surface area contributed by atoms with E-state index < -0.39 is 10.0 Å². The van der Waals surface area contributed by atoms with Crippen molar-refractivity contribution < 1.29 is 8.42 Å². The molecule has 0 fully saturated rings. The van der Waals surface area contributed by atoms with Crippen molar-refractivity contribution in [1.29, 1.82) is 0 Å². The number of nitrogen functional groups attached to an aromatic ring is 1. The van der Waals surface area contributed by atoms with Crippen LogP contribution in [0.15, 0.2) is 47.4 Å². The van der Waals surface area contributed by atoms with E-state index in [0.717, 1.165) is 3.57 Å². The molecule has 0 heterocycles. The van der Waals surface area contributed by atoms with Crippen LogP contribution in [0, 0.1) is 10.5 Å². The molecular weight excluding hydrogens is 375 g/mol. The molecule has 0 atom stereocenters. The molecule has 19 heavy (non-hydrogen) atoms. The molecule has 2 aromatic rings. The number of sulfonamides is 1. The summed E-state index contributed by atoms with van der Waals surface area (Å²) in [7, 11) is -3.62. The predicted molar refractivity (Wildman–Crippen MR) is 85.6 cm³/mol. The first-order valence-corrected chi connectivity index (χ1v) is 8.10. The highest BCUT2D eigenvalue weighted by Gasteiger charge is 2.18. The van der Waals surface area contributed by atoms with Gasteiger partial charge in [-0.05, 0) is 59.3 Å². The van der Waals surface area contributed by atoms with E-state index in [0.29, 0.717) is 16.9 Å². The van der Waals surface area contributed by atoms with E-state index in [1.54, 1.807) is 31.2 Å². The minimum Gasteiger partial charge on any atom is -0.399 e. The number of halogens is 1. The Morgan fingerprint density at radius 2 is 1.84 bits per heavy atom. The minimum atomic E-state index is -3.62. The van der Waals surface area contributed by atoms with Crippen molar-refractivity contribution in [3.05, 3.63) is 51.6 Å². The summed E-state index contributed by atoms with van der Waals surface area (Å²) in [5.41, 5.74) is 7.30. The molecule has 0 spiro atoms. The lowest BCUT2D eigenvalue weighted by Gasteiger charge is -2.12. The summed E-state index contributed by atoms with van der Waals surface area (Å²) in [4.78, 5) is 0.201. The third-order valence-corrected chi connectivity index (χ3v) is 5.07. The largest absolute Gasteiger partial charge is 0.399 e. The third-order valence-electron chi connectivity index (χ3n) is 2.62.